The van der Waals surface area contributed by atoms with Crippen LogP contribution in [-0.4, -0.2) is 11.1 Å². The number of carboxylic acids is 1. The van der Waals surface area contributed by atoms with Crippen LogP contribution in [-0.2, 0) is 0 Å². The van der Waals surface area contributed by atoms with Crippen molar-refractivity contribution >= 4 is 27.9 Å². The van der Waals surface area contributed by atoms with E-state index < -0.39 is 22.8 Å². The molecule has 3 rings (SSSR count). The standard InChI is InChI=1S/C14H8O6/c1-6-2-3-7-10(4-6)19-13(17)8-5-9(12(15)16)14(18)20-11(7)8/h2-5H,1H3,(H,15,16). The van der Waals surface area contributed by atoms with Crippen molar-refractivity contribution in [1.29, 1.82) is 0 Å². The summed E-state index contributed by atoms with van der Waals surface area (Å²) in [5, 5.41) is 9.25. The van der Waals surface area contributed by atoms with E-state index in [-0.39, 0.29) is 16.6 Å². The molecule has 0 saturated heterocycles. The van der Waals surface area contributed by atoms with Crippen LogP contribution in [0.15, 0.2) is 42.7 Å². The van der Waals surface area contributed by atoms with Gasteiger partial charge in [0.2, 0.25) is 0 Å². The zero-order valence-corrected chi connectivity index (χ0v) is 10.3. The van der Waals surface area contributed by atoms with Gasteiger partial charge in [0.25, 0.3) is 0 Å². The number of aromatic carboxylic acids is 1. The third-order valence-corrected chi connectivity index (χ3v) is 2.98. The molecule has 2 aromatic heterocycles. The van der Waals surface area contributed by atoms with E-state index >= 15 is 0 Å². The number of carbonyl (C=O) groups is 1. The van der Waals surface area contributed by atoms with Crippen molar-refractivity contribution in [3.8, 4) is 0 Å². The van der Waals surface area contributed by atoms with Crippen molar-refractivity contribution in [2.24, 2.45) is 0 Å². The lowest BCUT2D eigenvalue weighted by atomic mass is 10.1. The Morgan fingerprint density at radius 1 is 1.05 bits per heavy atom. The first-order chi connectivity index (χ1) is 9.47. The Kier molecular flexibility index (Phi) is 2.47. The Labute approximate surface area is 110 Å². The zero-order chi connectivity index (χ0) is 14.4. The number of carboxylic acid groups (broad SMARTS) is 1. The van der Waals surface area contributed by atoms with Crippen LogP contribution in [0.1, 0.15) is 15.9 Å². The first-order valence-electron chi connectivity index (χ1n) is 5.72. The van der Waals surface area contributed by atoms with Gasteiger partial charge in [0.15, 0.2) is 5.58 Å². The lowest BCUT2D eigenvalue weighted by Gasteiger charge is -2.02. The lowest BCUT2D eigenvalue weighted by Crippen LogP contribution is -2.15. The molecule has 0 saturated carbocycles. The molecule has 0 aliphatic carbocycles. The maximum absolute atomic E-state index is 11.9. The molecule has 0 atom stereocenters. The number of hydrogen-bond donors (Lipinski definition) is 1. The third kappa shape index (κ3) is 1.70. The van der Waals surface area contributed by atoms with E-state index in [1.165, 1.54) is 0 Å². The van der Waals surface area contributed by atoms with E-state index in [2.05, 4.69) is 0 Å². The van der Waals surface area contributed by atoms with Crippen LogP contribution in [0.25, 0.3) is 21.9 Å². The molecular formula is C14H8O6. The summed E-state index contributed by atoms with van der Waals surface area (Å²) in [4.78, 5) is 34.4. The Morgan fingerprint density at radius 3 is 2.50 bits per heavy atom. The molecule has 0 unspecified atom stereocenters. The van der Waals surface area contributed by atoms with Gasteiger partial charge in [0.05, 0.1) is 5.39 Å². The molecule has 0 radical (unpaired) electrons. The lowest BCUT2D eigenvalue weighted by molar-refractivity contribution is 0.0692. The van der Waals surface area contributed by atoms with Gasteiger partial charge in [0, 0.05) is 0 Å². The second-order valence-electron chi connectivity index (χ2n) is 4.38. The molecule has 1 aromatic carbocycles. The second kappa shape index (κ2) is 4.06. The number of fused-ring (bicyclic) bond motifs is 3. The molecule has 100 valence electrons. The molecule has 0 fully saturated rings. The average Bonchev–Trinajstić information content (AvgIpc) is 2.37. The van der Waals surface area contributed by atoms with Crippen molar-refractivity contribution in [3.05, 3.63) is 56.2 Å². The summed E-state index contributed by atoms with van der Waals surface area (Å²) in [6.07, 6.45) is 0. The molecule has 20 heavy (non-hydrogen) atoms. The predicted octanol–water partition coefficient (Wildman–Crippen LogP) is 1.91. The second-order valence-corrected chi connectivity index (χ2v) is 4.38. The Hall–Kier alpha value is -2.89. The number of rotatable bonds is 1. The largest absolute Gasteiger partial charge is 0.477 e. The molecule has 0 aliphatic rings. The van der Waals surface area contributed by atoms with Crippen LogP contribution in [0.3, 0.4) is 0 Å². The van der Waals surface area contributed by atoms with E-state index in [0.717, 1.165) is 11.6 Å². The molecular weight excluding hydrogens is 264 g/mol. The van der Waals surface area contributed by atoms with Gasteiger partial charge >= 0.3 is 17.2 Å². The molecule has 1 N–H and O–H groups in total. The minimum Gasteiger partial charge on any atom is -0.477 e. The molecule has 3 aromatic rings. The van der Waals surface area contributed by atoms with Crippen molar-refractivity contribution < 1.29 is 18.7 Å². The Morgan fingerprint density at radius 2 is 1.80 bits per heavy atom. The van der Waals surface area contributed by atoms with E-state index in [0.29, 0.717) is 5.39 Å². The van der Waals surface area contributed by atoms with Gasteiger partial charge in [-0.05, 0) is 30.7 Å². The summed E-state index contributed by atoms with van der Waals surface area (Å²) in [7, 11) is 0. The van der Waals surface area contributed by atoms with Gasteiger partial charge in [-0.25, -0.2) is 14.4 Å². The topological polar surface area (TPSA) is 97.7 Å². The third-order valence-electron chi connectivity index (χ3n) is 2.98. The summed E-state index contributed by atoms with van der Waals surface area (Å²) in [5.74, 6) is -1.45. The summed E-state index contributed by atoms with van der Waals surface area (Å²) in [5.41, 5.74) is -1.15. The molecule has 0 spiro atoms. The van der Waals surface area contributed by atoms with Crippen molar-refractivity contribution in [2.75, 3.05) is 0 Å². The van der Waals surface area contributed by atoms with Gasteiger partial charge in [-0.1, -0.05) is 6.07 Å². The summed E-state index contributed by atoms with van der Waals surface area (Å²) >= 11 is 0. The van der Waals surface area contributed by atoms with E-state index in [9.17, 15) is 14.4 Å². The summed E-state index contributed by atoms with van der Waals surface area (Å²) < 4.78 is 10.1. The van der Waals surface area contributed by atoms with Crippen LogP contribution in [0.2, 0.25) is 0 Å². The number of hydrogen-bond acceptors (Lipinski definition) is 5. The molecule has 2 heterocycles. The SMILES string of the molecule is Cc1ccc2c(c1)oc(=O)c1cc(C(=O)O)c(=O)oc12. The number of benzene rings is 1. The normalized spacial score (nSPS) is 11.1. The Bertz CT molecular complexity index is 977. The maximum atomic E-state index is 11.9. The maximum Gasteiger partial charge on any atom is 0.351 e. The average molecular weight is 272 g/mol. The molecule has 0 bridgehead atoms. The highest BCUT2D eigenvalue weighted by Crippen LogP contribution is 2.23. The van der Waals surface area contributed by atoms with E-state index in [4.69, 9.17) is 13.9 Å². The fourth-order valence-corrected chi connectivity index (χ4v) is 2.03. The highest BCUT2D eigenvalue weighted by atomic mass is 16.4. The van der Waals surface area contributed by atoms with Crippen molar-refractivity contribution in [3.63, 3.8) is 0 Å². The summed E-state index contributed by atoms with van der Waals surface area (Å²) in [6.45, 7) is 1.83. The van der Waals surface area contributed by atoms with Crippen molar-refractivity contribution in [1.82, 2.24) is 0 Å². The highest BCUT2D eigenvalue weighted by molar-refractivity contribution is 6.02. The van der Waals surface area contributed by atoms with Crippen LogP contribution >= 0.6 is 0 Å². The predicted molar refractivity (Wildman–Crippen MR) is 70.2 cm³/mol. The van der Waals surface area contributed by atoms with Gasteiger partial charge in [-0.2, -0.15) is 0 Å². The molecule has 6 nitrogen and oxygen atoms in total. The van der Waals surface area contributed by atoms with Crippen LogP contribution in [0, 0.1) is 6.92 Å². The molecule has 6 heteroatoms. The molecule has 0 aliphatic heterocycles. The highest BCUT2D eigenvalue weighted by Gasteiger charge is 2.17. The quantitative estimate of drug-likeness (QED) is 0.536. The minimum atomic E-state index is -1.45. The zero-order valence-electron chi connectivity index (χ0n) is 10.3. The van der Waals surface area contributed by atoms with E-state index in [1.807, 2.05) is 6.92 Å². The summed E-state index contributed by atoms with van der Waals surface area (Å²) in [6, 6.07) is 6.04. The first kappa shape index (κ1) is 12.2. The van der Waals surface area contributed by atoms with Gasteiger partial charge in [0.1, 0.15) is 16.5 Å². The van der Waals surface area contributed by atoms with Gasteiger partial charge in [-0.15, -0.1) is 0 Å². The van der Waals surface area contributed by atoms with Crippen molar-refractivity contribution in [2.45, 2.75) is 6.92 Å². The monoisotopic (exact) mass is 272 g/mol. The van der Waals surface area contributed by atoms with Crippen LogP contribution < -0.4 is 11.3 Å². The number of aryl methyl sites for hydroxylation is 1. The van der Waals surface area contributed by atoms with Gasteiger partial charge in [-0.3, -0.25) is 0 Å². The van der Waals surface area contributed by atoms with Gasteiger partial charge < -0.3 is 13.9 Å². The fraction of sp³-hybridized carbons (Fsp3) is 0.0714. The molecule has 0 amide bonds. The van der Waals surface area contributed by atoms with E-state index in [1.54, 1.807) is 18.2 Å². The van der Waals surface area contributed by atoms with Crippen LogP contribution in [0.5, 0.6) is 0 Å². The smallest absolute Gasteiger partial charge is 0.351 e. The van der Waals surface area contributed by atoms with Crippen LogP contribution in [0.4, 0.5) is 0 Å². The Balaban J connectivity index is 2.57. The fourth-order valence-electron chi connectivity index (χ4n) is 2.03. The first-order valence-corrected chi connectivity index (χ1v) is 5.72. The minimum absolute atomic E-state index is 0.0336.